The summed E-state index contributed by atoms with van der Waals surface area (Å²) < 4.78 is 0. The third-order valence-corrected chi connectivity index (χ3v) is 0.798. The second kappa shape index (κ2) is 8.58. The Kier molecular flexibility index (Phi) is 10.9. The molecule has 0 spiro atoms. The fraction of sp³-hybridized carbons (Fsp3) is 0.333. The molecule has 0 unspecified atom stereocenters. The summed E-state index contributed by atoms with van der Waals surface area (Å²) in [5.41, 5.74) is 5.35. The Morgan fingerprint density at radius 1 is 1.64 bits per heavy atom. The minimum atomic E-state index is 0. The number of guanidine groups is 1. The van der Waals surface area contributed by atoms with Gasteiger partial charge in [0.2, 0.25) is 0 Å². The predicted octanol–water partition coefficient (Wildman–Crippen LogP) is -3.62. The van der Waals surface area contributed by atoms with Crippen LogP contribution in [0.25, 0.3) is 0 Å². The van der Waals surface area contributed by atoms with E-state index in [-0.39, 0.29) is 58.2 Å². The molecule has 0 saturated carbocycles. The standard InChI is InChI=1S/C6H10N3O.Rb/c1-9(2)6(7)8-4-3-5-10;/h4-5H,1-2H3,(H2,7,8);/q-1;+1. The number of carbonyl (C=O) groups is 1. The van der Waals surface area contributed by atoms with Gasteiger partial charge in [0.15, 0.2) is 5.96 Å². The Bertz CT molecular complexity index is 165. The van der Waals surface area contributed by atoms with Crippen LogP contribution in [0.3, 0.4) is 0 Å². The summed E-state index contributed by atoms with van der Waals surface area (Å²) in [5, 5.41) is 0. The number of rotatable bonds is 2. The van der Waals surface area contributed by atoms with Crippen LogP contribution < -0.4 is 63.9 Å². The molecule has 56 valence electrons. The maximum absolute atomic E-state index is 9.69. The smallest absolute Gasteiger partial charge is 0.411 e. The topological polar surface area (TPSA) is 58.7 Å². The van der Waals surface area contributed by atoms with Gasteiger partial charge in [-0.1, -0.05) is 0 Å². The minimum Gasteiger partial charge on any atom is -0.411 e. The fourth-order valence-electron chi connectivity index (χ4n) is 0.249. The summed E-state index contributed by atoms with van der Waals surface area (Å²) in [7, 11) is 3.52. The molecule has 0 saturated heterocycles. The molecule has 0 aromatic rings. The van der Waals surface area contributed by atoms with E-state index < -0.39 is 0 Å². The van der Waals surface area contributed by atoms with Gasteiger partial charge in [-0.05, 0) is 6.29 Å². The van der Waals surface area contributed by atoms with Gasteiger partial charge in [0.05, 0.1) is 0 Å². The van der Waals surface area contributed by atoms with Crippen LogP contribution in [0.1, 0.15) is 0 Å². The van der Waals surface area contributed by atoms with Crippen molar-refractivity contribution in [2.24, 2.45) is 10.7 Å². The van der Waals surface area contributed by atoms with Crippen LogP contribution in [0.4, 0.5) is 0 Å². The third-order valence-electron chi connectivity index (χ3n) is 0.798. The number of aliphatic imine (C=N–C) groups is 1. The summed E-state index contributed by atoms with van der Waals surface area (Å²) in [4.78, 5) is 15.0. The van der Waals surface area contributed by atoms with E-state index in [1.807, 2.05) is 0 Å². The van der Waals surface area contributed by atoms with E-state index >= 15 is 0 Å². The van der Waals surface area contributed by atoms with Gasteiger partial charge in [-0.3, -0.25) is 4.99 Å². The van der Waals surface area contributed by atoms with Crippen LogP contribution in [-0.4, -0.2) is 31.2 Å². The van der Waals surface area contributed by atoms with E-state index in [4.69, 9.17) is 5.73 Å². The Morgan fingerprint density at radius 2 is 2.18 bits per heavy atom. The van der Waals surface area contributed by atoms with Crippen molar-refractivity contribution in [1.82, 2.24) is 4.90 Å². The molecule has 0 atom stereocenters. The van der Waals surface area contributed by atoms with Crippen molar-refractivity contribution >= 4 is 12.2 Å². The number of nitrogens with two attached hydrogens (primary N) is 1. The fourth-order valence-corrected chi connectivity index (χ4v) is 0.249. The maximum atomic E-state index is 9.69. The molecule has 0 aliphatic carbocycles. The molecular weight excluding hydrogens is 216 g/mol. The second-order valence-corrected chi connectivity index (χ2v) is 1.80. The zero-order valence-corrected chi connectivity index (χ0v) is 12.0. The van der Waals surface area contributed by atoms with E-state index in [2.05, 4.69) is 11.1 Å². The predicted molar refractivity (Wildman–Crippen MR) is 39.2 cm³/mol. The Morgan fingerprint density at radius 3 is 2.55 bits per heavy atom. The molecule has 5 heteroatoms. The van der Waals surface area contributed by atoms with Gasteiger partial charge in [-0.25, -0.2) is 0 Å². The zero-order valence-electron chi connectivity index (χ0n) is 7.03. The van der Waals surface area contributed by atoms with Gasteiger partial charge in [0.25, 0.3) is 0 Å². The summed E-state index contributed by atoms with van der Waals surface area (Å²) in [5.74, 6) is 0.342. The molecule has 0 fully saturated rings. The minimum absolute atomic E-state index is 0. The van der Waals surface area contributed by atoms with E-state index in [1.165, 1.54) is 6.20 Å². The van der Waals surface area contributed by atoms with Crippen molar-refractivity contribution in [1.29, 1.82) is 0 Å². The maximum Gasteiger partial charge on any atom is 1.00 e. The molecule has 0 radical (unpaired) electrons. The molecule has 0 aliphatic rings. The van der Waals surface area contributed by atoms with Crippen molar-refractivity contribution in [3.63, 3.8) is 0 Å². The average molecular weight is 226 g/mol. The summed E-state index contributed by atoms with van der Waals surface area (Å²) in [6, 6.07) is 0. The number of hydrogen-bond donors (Lipinski definition) is 1. The van der Waals surface area contributed by atoms with Crippen molar-refractivity contribution < 1.29 is 63.0 Å². The number of nitrogens with zero attached hydrogens (tertiary/aromatic N) is 2. The molecule has 11 heavy (non-hydrogen) atoms. The van der Waals surface area contributed by atoms with Crippen molar-refractivity contribution in [2.45, 2.75) is 0 Å². The second-order valence-electron chi connectivity index (χ2n) is 1.80. The molecule has 0 aromatic heterocycles. The molecular formula is C6H10N3ORb. The Labute approximate surface area is 115 Å². The normalized spacial score (nSPS) is 10.9. The van der Waals surface area contributed by atoms with E-state index in [9.17, 15) is 4.79 Å². The summed E-state index contributed by atoms with van der Waals surface area (Å²) in [6.07, 6.45) is 3.98. The third kappa shape index (κ3) is 8.39. The molecule has 0 aliphatic heterocycles. The quantitative estimate of drug-likeness (QED) is 0.174. The summed E-state index contributed by atoms with van der Waals surface area (Å²) >= 11 is 0. The van der Waals surface area contributed by atoms with Crippen LogP contribution in [-0.2, 0) is 4.79 Å². The number of hydrogen-bond acceptors (Lipinski definition) is 2. The van der Waals surface area contributed by atoms with Gasteiger partial charge in [-0.15, -0.1) is 6.20 Å². The van der Waals surface area contributed by atoms with Crippen molar-refractivity contribution in [3.05, 3.63) is 12.3 Å². The monoisotopic (exact) mass is 225 g/mol. The summed E-state index contributed by atoms with van der Waals surface area (Å²) in [6.45, 7) is 0. The van der Waals surface area contributed by atoms with Gasteiger partial charge in [0.1, 0.15) is 0 Å². The SMILES string of the molecule is CN(C)C(N)=NC=[C-]C=O.[Rb+]. The van der Waals surface area contributed by atoms with Crippen LogP contribution in [0.15, 0.2) is 11.2 Å². The van der Waals surface area contributed by atoms with Crippen molar-refractivity contribution in [2.75, 3.05) is 14.1 Å². The molecule has 0 rings (SSSR count). The van der Waals surface area contributed by atoms with E-state index in [0.717, 1.165) is 0 Å². The van der Waals surface area contributed by atoms with Crippen molar-refractivity contribution in [3.8, 4) is 0 Å². The first kappa shape index (κ1) is 14.0. The first-order valence-electron chi connectivity index (χ1n) is 2.70. The molecule has 0 aromatic carbocycles. The largest absolute Gasteiger partial charge is 1.00 e. The number of aldehydes is 1. The number of carbonyl (C=O) groups excluding carboxylic acids is 1. The van der Waals surface area contributed by atoms with E-state index in [0.29, 0.717) is 12.2 Å². The number of allylic oxidation sites excluding steroid dienone is 1. The Balaban J connectivity index is 0. The van der Waals surface area contributed by atoms with Crippen LogP contribution in [0, 0.1) is 6.08 Å². The molecule has 4 nitrogen and oxygen atoms in total. The van der Waals surface area contributed by atoms with Crippen LogP contribution in [0.5, 0.6) is 0 Å². The van der Waals surface area contributed by atoms with Gasteiger partial charge >= 0.3 is 58.2 Å². The zero-order chi connectivity index (χ0) is 7.98. The molecule has 0 bridgehead atoms. The molecule has 0 heterocycles. The van der Waals surface area contributed by atoms with Gasteiger partial charge in [-0.2, -0.15) is 0 Å². The Hall–Kier alpha value is 0.485. The van der Waals surface area contributed by atoms with E-state index in [1.54, 1.807) is 19.0 Å². The van der Waals surface area contributed by atoms with Gasteiger partial charge in [0, 0.05) is 14.1 Å². The average Bonchev–Trinajstić information content (AvgIpc) is 1.88. The van der Waals surface area contributed by atoms with Gasteiger partial charge < -0.3 is 21.5 Å². The first-order valence-corrected chi connectivity index (χ1v) is 2.70. The van der Waals surface area contributed by atoms with Crippen LogP contribution >= 0.6 is 0 Å². The molecule has 0 amide bonds. The molecule has 2 N–H and O–H groups in total. The van der Waals surface area contributed by atoms with Crippen LogP contribution in [0.2, 0.25) is 0 Å². The first-order chi connectivity index (χ1) is 4.68.